The summed E-state index contributed by atoms with van der Waals surface area (Å²) in [6.07, 6.45) is 2.05. The van der Waals surface area contributed by atoms with E-state index in [2.05, 4.69) is 5.32 Å². The molecule has 0 bridgehead atoms. The molecule has 0 saturated heterocycles. The van der Waals surface area contributed by atoms with Gasteiger partial charge in [0.1, 0.15) is 0 Å². The van der Waals surface area contributed by atoms with E-state index in [1.807, 2.05) is 6.26 Å². The summed E-state index contributed by atoms with van der Waals surface area (Å²) >= 11 is 13.7. The van der Waals surface area contributed by atoms with E-state index < -0.39 is 0 Å². The van der Waals surface area contributed by atoms with Crippen LogP contribution in [0.25, 0.3) is 0 Å². The molecule has 1 aromatic rings. The number of anilines is 2. The van der Waals surface area contributed by atoms with E-state index in [1.54, 1.807) is 23.9 Å². The fourth-order valence-corrected chi connectivity index (χ4v) is 1.98. The fraction of sp³-hybridized carbons (Fsp3) is 0.333. The van der Waals surface area contributed by atoms with Gasteiger partial charge in [-0.05, 0) is 18.4 Å². The van der Waals surface area contributed by atoms with Crippen LogP contribution < -0.4 is 11.1 Å². The number of thioether (sulfide) groups is 1. The second-order valence-corrected chi connectivity index (χ2v) is 4.58. The largest absolute Gasteiger partial charge is 0.399 e. The molecule has 2 nitrogen and oxygen atoms in total. The molecule has 14 heavy (non-hydrogen) atoms. The normalized spacial score (nSPS) is 10.2. The number of hydrogen-bond donors (Lipinski definition) is 2. The molecule has 3 N–H and O–H groups in total. The van der Waals surface area contributed by atoms with Crippen LogP contribution in [-0.2, 0) is 0 Å². The number of hydrogen-bond acceptors (Lipinski definition) is 3. The van der Waals surface area contributed by atoms with Crippen LogP contribution in [0.3, 0.4) is 0 Å². The molecule has 0 heterocycles. The number of benzene rings is 1. The van der Waals surface area contributed by atoms with Crippen molar-refractivity contribution in [3.8, 4) is 0 Å². The van der Waals surface area contributed by atoms with Gasteiger partial charge in [-0.2, -0.15) is 11.8 Å². The first kappa shape index (κ1) is 11.8. The van der Waals surface area contributed by atoms with Gasteiger partial charge >= 0.3 is 0 Å². The van der Waals surface area contributed by atoms with Crippen LogP contribution in [0.5, 0.6) is 0 Å². The quantitative estimate of drug-likeness (QED) is 0.636. The molecule has 0 aliphatic heterocycles. The zero-order valence-electron chi connectivity index (χ0n) is 7.81. The number of nitrogens with two attached hydrogens (primary N) is 1. The predicted octanol–water partition coefficient (Wildman–Crippen LogP) is 3.35. The Kier molecular flexibility index (Phi) is 4.72. The molecule has 0 aromatic heterocycles. The minimum Gasteiger partial charge on any atom is -0.399 e. The first-order valence-electron chi connectivity index (χ1n) is 4.12. The Morgan fingerprint density at radius 2 is 1.93 bits per heavy atom. The highest BCUT2D eigenvalue weighted by atomic mass is 35.5. The van der Waals surface area contributed by atoms with Gasteiger partial charge < -0.3 is 11.1 Å². The molecule has 78 valence electrons. The minimum atomic E-state index is 0.566. The van der Waals surface area contributed by atoms with E-state index in [0.29, 0.717) is 15.7 Å². The zero-order valence-corrected chi connectivity index (χ0v) is 10.1. The molecule has 0 fully saturated rings. The molecule has 0 aliphatic carbocycles. The van der Waals surface area contributed by atoms with Gasteiger partial charge in [0.15, 0.2) is 0 Å². The summed E-state index contributed by atoms with van der Waals surface area (Å²) in [5, 5.41) is 4.30. The van der Waals surface area contributed by atoms with Gasteiger partial charge in [-0.1, -0.05) is 23.2 Å². The van der Waals surface area contributed by atoms with E-state index in [4.69, 9.17) is 28.9 Å². The van der Waals surface area contributed by atoms with Crippen molar-refractivity contribution in [1.82, 2.24) is 0 Å². The lowest BCUT2D eigenvalue weighted by Gasteiger charge is -2.10. The maximum absolute atomic E-state index is 5.98. The summed E-state index contributed by atoms with van der Waals surface area (Å²) in [7, 11) is 0. The highest BCUT2D eigenvalue weighted by Crippen LogP contribution is 2.32. The van der Waals surface area contributed by atoms with Crippen LogP contribution in [0.15, 0.2) is 12.1 Å². The van der Waals surface area contributed by atoms with Crippen molar-refractivity contribution in [3.63, 3.8) is 0 Å². The van der Waals surface area contributed by atoms with E-state index >= 15 is 0 Å². The Hall–Kier alpha value is -0.250. The molecule has 5 heteroatoms. The molecule has 1 aromatic carbocycles. The lowest BCUT2D eigenvalue weighted by atomic mass is 10.3. The SMILES string of the molecule is CSCCNc1c(Cl)cc(N)cc1Cl. The molecule has 1 rings (SSSR count). The number of halogens is 2. The average Bonchev–Trinajstić information content (AvgIpc) is 2.09. The van der Waals surface area contributed by atoms with Crippen LogP contribution in [0.1, 0.15) is 0 Å². The molecule has 0 amide bonds. The third kappa shape index (κ3) is 3.15. The van der Waals surface area contributed by atoms with Crippen LogP contribution in [0, 0.1) is 0 Å². The second-order valence-electron chi connectivity index (χ2n) is 2.78. The molecular weight excluding hydrogens is 239 g/mol. The highest BCUT2D eigenvalue weighted by Gasteiger charge is 2.05. The van der Waals surface area contributed by atoms with Crippen molar-refractivity contribution in [1.29, 1.82) is 0 Å². The number of nitrogen functional groups attached to an aromatic ring is 1. The second kappa shape index (κ2) is 5.59. The number of nitrogens with one attached hydrogen (secondary N) is 1. The third-order valence-corrected chi connectivity index (χ3v) is 2.88. The average molecular weight is 251 g/mol. The lowest BCUT2D eigenvalue weighted by Crippen LogP contribution is -2.05. The van der Waals surface area contributed by atoms with Gasteiger partial charge in [0, 0.05) is 18.0 Å². The van der Waals surface area contributed by atoms with Crippen molar-refractivity contribution < 1.29 is 0 Å². The van der Waals surface area contributed by atoms with Crippen LogP contribution in [0.4, 0.5) is 11.4 Å². The standard InChI is InChI=1S/C9H12Cl2N2S/c1-14-3-2-13-9-7(10)4-6(12)5-8(9)11/h4-5,13H,2-3,12H2,1H3. The fourth-order valence-electron chi connectivity index (χ4n) is 1.04. The maximum atomic E-state index is 5.98. The van der Waals surface area contributed by atoms with Gasteiger partial charge in [0.2, 0.25) is 0 Å². The maximum Gasteiger partial charge on any atom is 0.0720 e. The third-order valence-electron chi connectivity index (χ3n) is 1.67. The Labute approximate surface area is 98.1 Å². The van der Waals surface area contributed by atoms with Gasteiger partial charge in [0.05, 0.1) is 15.7 Å². The smallest absolute Gasteiger partial charge is 0.0720 e. The van der Waals surface area contributed by atoms with E-state index in [0.717, 1.165) is 18.0 Å². The summed E-state index contributed by atoms with van der Waals surface area (Å²) in [5.74, 6) is 1.01. The molecule has 0 atom stereocenters. The molecule has 0 spiro atoms. The first-order valence-corrected chi connectivity index (χ1v) is 6.27. The van der Waals surface area contributed by atoms with Crippen molar-refractivity contribution in [3.05, 3.63) is 22.2 Å². The van der Waals surface area contributed by atoms with Crippen molar-refractivity contribution in [2.45, 2.75) is 0 Å². The molecule has 0 unspecified atom stereocenters. The van der Waals surface area contributed by atoms with Crippen LogP contribution in [0.2, 0.25) is 10.0 Å². The highest BCUT2D eigenvalue weighted by molar-refractivity contribution is 7.98. The van der Waals surface area contributed by atoms with Gasteiger partial charge in [-0.25, -0.2) is 0 Å². The Morgan fingerprint density at radius 3 is 2.43 bits per heavy atom. The van der Waals surface area contributed by atoms with Crippen LogP contribution in [-0.4, -0.2) is 18.6 Å². The minimum absolute atomic E-state index is 0.566. The van der Waals surface area contributed by atoms with Gasteiger partial charge in [-0.3, -0.25) is 0 Å². The first-order chi connectivity index (χ1) is 6.65. The molecule has 0 saturated carbocycles. The Balaban J connectivity index is 2.75. The summed E-state index contributed by atoms with van der Waals surface area (Å²) in [6.45, 7) is 0.838. The van der Waals surface area contributed by atoms with Gasteiger partial charge in [-0.15, -0.1) is 0 Å². The Bertz CT molecular complexity index is 295. The van der Waals surface area contributed by atoms with Gasteiger partial charge in [0.25, 0.3) is 0 Å². The van der Waals surface area contributed by atoms with Crippen molar-refractivity contribution in [2.75, 3.05) is 29.6 Å². The van der Waals surface area contributed by atoms with E-state index in [9.17, 15) is 0 Å². The monoisotopic (exact) mass is 250 g/mol. The van der Waals surface area contributed by atoms with Crippen molar-refractivity contribution >= 4 is 46.3 Å². The summed E-state index contributed by atoms with van der Waals surface area (Å²) in [6, 6.07) is 3.38. The Morgan fingerprint density at radius 1 is 1.36 bits per heavy atom. The summed E-state index contributed by atoms with van der Waals surface area (Å²) in [5.41, 5.74) is 6.92. The van der Waals surface area contributed by atoms with Crippen molar-refractivity contribution in [2.24, 2.45) is 0 Å². The lowest BCUT2D eigenvalue weighted by molar-refractivity contribution is 1.23. The number of rotatable bonds is 4. The zero-order chi connectivity index (χ0) is 10.6. The topological polar surface area (TPSA) is 38.0 Å². The van der Waals surface area contributed by atoms with E-state index in [1.165, 1.54) is 0 Å². The predicted molar refractivity (Wildman–Crippen MR) is 67.7 cm³/mol. The molecular formula is C9H12Cl2N2S. The van der Waals surface area contributed by atoms with E-state index in [-0.39, 0.29) is 0 Å². The summed E-state index contributed by atoms with van der Waals surface area (Å²) < 4.78 is 0. The molecule has 0 radical (unpaired) electrons. The van der Waals surface area contributed by atoms with Crippen LogP contribution >= 0.6 is 35.0 Å². The summed E-state index contributed by atoms with van der Waals surface area (Å²) in [4.78, 5) is 0. The molecule has 0 aliphatic rings.